The lowest BCUT2D eigenvalue weighted by Gasteiger charge is -2.13. The van der Waals surface area contributed by atoms with Gasteiger partial charge in [0.05, 0.1) is 11.6 Å². The molecule has 10 heteroatoms. The van der Waals surface area contributed by atoms with E-state index in [1.807, 2.05) is 0 Å². The van der Waals surface area contributed by atoms with Crippen LogP contribution >= 0.6 is 0 Å². The Labute approximate surface area is 185 Å². The lowest BCUT2D eigenvalue weighted by Crippen LogP contribution is -2.16. The van der Waals surface area contributed by atoms with E-state index in [1.165, 1.54) is 24.3 Å². The van der Waals surface area contributed by atoms with Crippen molar-refractivity contribution in [2.45, 2.75) is 25.2 Å². The van der Waals surface area contributed by atoms with Crippen LogP contribution in [0.15, 0.2) is 71.8 Å². The van der Waals surface area contributed by atoms with Crippen molar-refractivity contribution >= 4 is 5.78 Å². The van der Waals surface area contributed by atoms with Crippen LogP contribution in [0.5, 0.6) is 5.75 Å². The minimum absolute atomic E-state index is 0.0273. The Balaban J connectivity index is 1.72. The standard InChI is InChI=1S/C23H16F5N3O2/c24-18-2-1-3-19(25)22(18)21(32)13-12-20(30-31-29)16-6-4-14(5-7-16)15-8-10-17(11-9-15)33-23(26,27)28/h1-11,20H,12-13H2. The molecule has 0 aliphatic heterocycles. The second-order valence-electron chi connectivity index (χ2n) is 6.97. The van der Waals surface area contributed by atoms with Crippen molar-refractivity contribution in [1.82, 2.24) is 0 Å². The average molecular weight is 461 g/mol. The van der Waals surface area contributed by atoms with Crippen LogP contribution in [0.2, 0.25) is 0 Å². The monoisotopic (exact) mass is 461 g/mol. The van der Waals surface area contributed by atoms with E-state index in [0.29, 0.717) is 16.7 Å². The Bertz CT molecular complexity index is 1150. The summed E-state index contributed by atoms with van der Waals surface area (Å²) in [6.45, 7) is 0. The van der Waals surface area contributed by atoms with Gasteiger partial charge in [-0.1, -0.05) is 47.6 Å². The van der Waals surface area contributed by atoms with Gasteiger partial charge in [0.2, 0.25) is 0 Å². The quantitative estimate of drug-likeness (QED) is 0.114. The molecule has 170 valence electrons. The first-order valence-electron chi connectivity index (χ1n) is 9.65. The number of rotatable bonds is 8. The van der Waals surface area contributed by atoms with E-state index in [4.69, 9.17) is 5.53 Å². The minimum Gasteiger partial charge on any atom is -0.406 e. The molecule has 0 aliphatic rings. The molecule has 1 unspecified atom stereocenters. The predicted octanol–water partition coefficient (Wildman–Crippen LogP) is 7.54. The summed E-state index contributed by atoms with van der Waals surface area (Å²) in [4.78, 5) is 15.1. The largest absolute Gasteiger partial charge is 0.573 e. The first-order valence-corrected chi connectivity index (χ1v) is 9.65. The molecule has 0 heterocycles. The molecule has 0 N–H and O–H groups in total. The summed E-state index contributed by atoms with van der Waals surface area (Å²) in [5.74, 6) is -3.02. The van der Waals surface area contributed by atoms with Gasteiger partial charge in [0, 0.05) is 11.3 Å². The molecule has 0 saturated carbocycles. The maximum absolute atomic E-state index is 13.8. The molecule has 0 spiro atoms. The molecule has 0 fully saturated rings. The number of ketones is 1. The summed E-state index contributed by atoms with van der Waals surface area (Å²) in [7, 11) is 0. The predicted molar refractivity (Wildman–Crippen MR) is 110 cm³/mol. The third-order valence-corrected chi connectivity index (χ3v) is 4.79. The van der Waals surface area contributed by atoms with Crippen molar-refractivity contribution in [1.29, 1.82) is 0 Å². The van der Waals surface area contributed by atoms with Crippen molar-refractivity contribution in [3.8, 4) is 16.9 Å². The number of alkyl halides is 3. The van der Waals surface area contributed by atoms with Gasteiger partial charge in [-0.2, -0.15) is 0 Å². The third kappa shape index (κ3) is 6.30. The number of ether oxygens (including phenoxy) is 1. The highest BCUT2D eigenvalue weighted by Crippen LogP contribution is 2.30. The van der Waals surface area contributed by atoms with Crippen LogP contribution in [-0.4, -0.2) is 12.1 Å². The normalized spacial score (nSPS) is 12.0. The highest BCUT2D eigenvalue weighted by atomic mass is 19.4. The number of halogens is 5. The van der Waals surface area contributed by atoms with E-state index < -0.39 is 35.4 Å². The smallest absolute Gasteiger partial charge is 0.406 e. The highest BCUT2D eigenvalue weighted by Gasteiger charge is 2.31. The van der Waals surface area contributed by atoms with Crippen LogP contribution in [0.4, 0.5) is 22.0 Å². The molecular formula is C23H16F5N3O2. The number of hydrogen-bond donors (Lipinski definition) is 0. The number of carbonyl (C=O) groups is 1. The average Bonchev–Trinajstić information content (AvgIpc) is 2.76. The van der Waals surface area contributed by atoms with Gasteiger partial charge in [-0.25, -0.2) is 8.78 Å². The molecule has 1 atom stereocenters. The Morgan fingerprint density at radius 2 is 1.48 bits per heavy atom. The lowest BCUT2D eigenvalue weighted by atomic mass is 9.96. The van der Waals surface area contributed by atoms with Crippen molar-refractivity contribution in [3.63, 3.8) is 0 Å². The number of hydrogen-bond acceptors (Lipinski definition) is 3. The molecule has 3 aromatic carbocycles. The Morgan fingerprint density at radius 3 is 2.00 bits per heavy atom. The topological polar surface area (TPSA) is 75.1 Å². The fourth-order valence-corrected chi connectivity index (χ4v) is 3.26. The summed E-state index contributed by atoms with van der Waals surface area (Å²) in [5.41, 5.74) is 10.1. The fraction of sp³-hybridized carbons (Fsp3) is 0.174. The zero-order valence-corrected chi connectivity index (χ0v) is 16.9. The fourth-order valence-electron chi connectivity index (χ4n) is 3.26. The number of nitrogens with zero attached hydrogens (tertiary/aromatic N) is 3. The molecule has 0 aromatic heterocycles. The zero-order chi connectivity index (χ0) is 24.0. The summed E-state index contributed by atoms with van der Waals surface area (Å²) >= 11 is 0. The van der Waals surface area contributed by atoms with Crippen LogP contribution < -0.4 is 4.74 Å². The highest BCUT2D eigenvalue weighted by molar-refractivity contribution is 5.96. The summed E-state index contributed by atoms with van der Waals surface area (Å²) < 4.78 is 68.3. The molecule has 0 bridgehead atoms. The van der Waals surface area contributed by atoms with E-state index in [1.54, 1.807) is 24.3 Å². The summed E-state index contributed by atoms with van der Waals surface area (Å²) in [6, 6.07) is 14.3. The van der Waals surface area contributed by atoms with Gasteiger partial charge in [0.25, 0.3) is 0 Å². The van der Waals surface area contributed by atoms with Gasteiger partial charge in [0.1, 0.15) is 17.4 Å². The molecular weight excluding hydrogens is 445 g/mol. The maximum atomic E-state index is 13.8. The second-order valence-corrected chi connectivity index (χ2v) is 6.97. The number of benzene rings is 3. The van der Waals surface area contributed by atoms with Crippen molar-refractivity contribution < 1.29 is 31.5 Å². The number of carbonyl (C=O) groups excluding carboxylic acids is 1. The van der Waals surface area contributed by atoms with Crippen molar-refractivity contribution in [2.24, 2.45) is 5.11 Å². The van der Waals surface area contributed by atoms with Crippen molar-refractivity contribution in [3.05, 3.63) is 99.9 Å². The van der Waals surface area contributed by atoms with Crippen LogP contribution in [0.25, 0.3) is 21.6 Å². The van der Waals surface area contributed by atoms with Crippen LogP contribution in [0.3, 0.4) is 0 Å². The summed E-state index contributed by atoms with van der Waals surface area (Å²) in [6.07, 6.45) is -5.00. The molecule has 0 amide bonds. The van der Waals surface area contributed by atoms with Gasteiger partial charge < -0.3 is 4.74 Å². The SMILES string of the molecule is [N-]=[N+]=NC(CCC(=O)c1c(F)cccc1F)c1ccc(-c2ccc(OC(F)(F)F)cc2)cc1. The Hall–Kier alpha value is -3.91. The van der Waals surface area contributed by atoms with E-state index in [9.17, 15) is 26.7 Å². The van der Waals surface area contributed by atoms with E-state index in [-0.39, 0.29) is 18.6 Å². The number of Topliss-reactive ketones (excluding diaryl/α,β-unsaturated/α-hetero) is 1. The molecule has 3 aromatic rings. The molecule has 3 rings (SSSR count). The lowest BCUT2D eigenvalue weighted by molar-refractivity contribution is -0.274. The van der Waals surface area contributed by atoms with Crippen LogP contribution in [0.1, 0.15) is 34.8 Å². The zero-order valence-electron chi connectivity index (χ0n) is 16.9. The minimum atomic E-state index is -4.78. The molecule has 0 radical (unpaired) electrons. The first-order chi connectivity index (χ1) is 15.7. The third-order valence-electron chi connectivity index (χ3n) is 4.79. The van der Waals surface area contributed by atoms with Gasteiger partial charge in [-0.05, 0) is 52.9 Å². The molecule has 33 heavy (non-hydrogen) atoms. The van der Waals surface area contributed by atoms with Gasteiger partial charge in [0.15, 0.2) is 5.78 Å². The van der Waals surface area contributed by atoms with Gasteiger partial charge in [-0.3, -0.25) is 4.79 Å². The first kappa shape index (κ1) is 23.7. The van der Waals surface area contributed by atoms with Crippen LogP contribution in [-0.2, 0) is 0 Å². The van der Waals surface area contributed by atoms with Crippen LogP contribution in [0, 0.1) is 11.6 Å². The van der Waals surface area contributed by atoms with Gasteiger partial charge >= 0.3 is 6.36 Å². The van der Waals surface area contributed by atoms with E-state index in [2.05, 4.69) is 14.8 Å². The number of azide groups is 1. The van der Waals surface area contributed by atoms with E-state index in [0.717, 1.165) is 18.2 Å². The molecule has 0 saturated heterocycles. The Morgan fingerprint density at radius 1 is 0.939 bits per heavy atom. The summed E-state index contributed by atoms with van der Waals surface area (Å²) in [5, 5.41) is 3.67. The van der Waals surface area contributed by atoms with Crippen molar-refractivity contribution in [2.75, 3.05) is 0 Å². The second kappa shape index (κ2) is 10.1. The molecule has 5 nitrogen and oxygen atoms in total. The van der Waals surface area contributed by atoms with E-state index >= 15 is 0 Å². The molecule has 0 aliphatic carbocycles. The maximum Gasteiger partial charge on any atom is 0.573 e. The van der Waals surface area contributed by atoms with Gasteiger partial charge in [-0.15, -0.1) is 13.2 Å². The Kier molecular flexibility index (Phi) is 7.30.